The van der Waals surface area contributed by atoms with E-state index in [1.165, 1.54) is 11.0 Å². The molecule has 0 saturated carbocycles. The molecule has 0 radical (unpaired) electrons. The number of aliphatic hydroxyl groups excluding tert-OH is 1. The van der Waals surface area contributed by atoms with Crippen LogP contribution in [0.15, 0.2) is 146 Å². The minimum atomic E-state index is -1.70. The van der Waals surface area contributed by atoms with Crippen LogP contribution in [0.25, 0.3) is 0 Å². The first kappa shape index (κ1) is 45.9. The number of anilines is 1. The summed E-state index contributed by atoms with van der Waals surface area (Å²) in [6.07, 6.45) is 0.647. The first-order valence-corrected chi connectivity index (χ1v) is 23.2. The van der Waals surface area contributed by atoms with E-state index in [4.69, 9.17) is 23.7 Å². The van der Waals surface area contributed by atoms with Gasteiger partial charge in [-0.15, -0.1) is 0 Å². The number of nitrogens with one attached hydrogen (secondary N) is 2. The zero-order chi connectivity index (χ0) is 48.5. The van der Waals surface area contributed by atoms with Crippen molar-refractivity contribution in [2.75, 3.05) is 44.9 Å². The molecule has 358 valence electrons. The lowest BCUT2D eigenvalue weighted by Gasteiger charge is -2.46. The summed E-state index contributed by atoms with van der Waals surface area (Å²) in [4.78, 5) is 88.0. The molecular weight excluding hydrogens is 897 g/mol. The molecule has 1 spiro atoms. The SMILES string of the molecule is C=CCOC(=O)[C@H]1[C@@H]2C(=O)O[C@@H](c3ccccc3)[C@@H](c3ccccc3)N2[C@@H](c2ccc(OCCOC(=O)[C@H]3C[C@H]4C(=O)NCC(=O)N4[C@H]3c3cccc(OCCO)c3)cc2)[C@]12C(=O)Nc1ccccc12. The number of nitrogens with zero attached hydrogens (tertiary/aromatic N) is 2. The molecule has 3 N–H and O–H groups in total. The smallest absolute Gasteiger partial charge is 0.325 e. The van der Waals surface area contributed by atoms with Crippen LogP contribution >= 0.6 is 0 Å². The van der Waals surface area contributed by atoms with Crippen LogP contribution in [0.2, 0.25) is 0 Å². The van der Waals surface area contributed by atoms with Crippen molar-refractivity contribution >= 4 is 41.3 Å². The number of esters is 3. The molecule has 16 heteroatoms. The van der Waals surface area contributed by atoms with Crippen molar-refractivity contribution in [3.05, 3.63) is 174 Å². The normalized spacial score (nSPS) is 26.6. The van der Waals surface area contributed by atoms with Crippen LogP contribution in [0.4, 0.5) is 5.69 Å². The van der Waals surface area contributed by atoms with Crippen molar-refractivity contribution in [2.24, 2.45) is 11.8 Å². The van der Waals surface area contributed by atoms with Gasteiger partial charge in [0.05, 0.1) is 37.2 Å². The van der Waals surface area contributed by atoms with Crippen LogP contribution in [0.5, 0.6) is 11.5 Å². The fourth-order valence-electron chi connectivity index (χ4n) is 11.3. The Labute approximate surface area is 403 Å². The van der Waals surface area contributed by atoms with E-state index < -0.39 is 77.4 Å². The van der Waals surface area contributed by atoms with Crippen LogP contribution in [0.3, 0.4) is 0 Å². The number of hydrogen-bond acceptors (Lipinski definition) is 13. The monoisotopic (exact) mass is 946 g/mol. The number of aliphatic hydroxyl groups is 1. The third-order valence-electron chi connectivity index (χ3n) is 14.0. The summed E-state index contributed by atoms with van der Waals surface area (Å²) < 4.78 is 29.7. The van der Waals surface area contributed by atoms with Gasteiger partial charge in [0.25, 0.3) is 0 Å². The summed E-state index contributed by atoms with van der Waals surface area (Å²) in [5.41, 5.74) is 2.06. The van der Waals surface area contributed by atoms with Crippen LogP contribution < -0.4 is 20.1 Å². The second-order valence-electron chi connectivity index (χ2n) is 17.7. The van der Waals surface area contributed by atoms with Gasteiger partial charge in [-0.05, 0) is 64.6 Å². The number of para-hydroxylation sites is 1. The van der Waals surface area contributed by atoms with E-state index in [-0.39, 0.29) is 57.8 Å². The number of morpholine rings is 1. The van der Waals surface area contributed by atoms with Crippen molar-refractivity contribution in [3.63, 3.8) is 0 Å². The zero-order valence-electron chi connectivity index (χ0n) is 37.9. The summed E-state index contributed by atoms with van der Waals surface area (Å²) in [7, 11) is 0. The molecule has 0 unspecified atom stereocenters. The standard InChI is InChI=1S/C54H50N4O12/c1-2-25-68-51(63)43-46-52(64)70-47(33-14-7-4-8-15-33)45(32-12-5-3-6-13-32)58(46)48(54(43)39-18-9-10-19-40(39)56-53(54)65)34-20-22-36(23-21-34)67-27-28-69-50(62)38-30-41-49(61)55-31-42(60)57(41)44(38)35-16-11-17-37(29-35)66-26-24-59/h2-23,29,38,41,43-48,59H,1,24-28,30-31H2,(H,55,61)(H,56,65)/t38-,41-,43+,44-,45+,46+,47-,48-,54+/m0/s1. The number of ether oxygens (including phenoxy) is 5. The molecule has 10 rings (SSSR count). The van der Waals surface area contributed by atoms with Crippen LogP contribution in [0.1, 0.15) is 58.5 Å². The van der Waals surface area contributed by atoms with E-state index in [1.807, 2.05) is 65.6 Å². The Hall–Kier alpha value is -7.82. The number of benzene rings is 5. The molecule has 9 atom stereocenters. The van der Waals surface area contributed by atoms with E-state index in [9.17, 15) is 29.1 Å². The molecule has 5 heterocycles. The van der Waals surface area contributed by atoms with Gasteiger partial charge in [-0.2, -0.15) is 0 Å². The maximum absolute atomic E-state index is 15.1. The van der Waals surface area contributed by atoms with Gasteiger partial charge in [0.2, 0.25) is 17.7 Å². The van der Waals surface area contributed by atoms with Crippen molar-refractivity contribution < 1.29 is 57.6 Å². The summed E-state index contributed by atoms with van der Waals surface area (Å²) >= 11 is 0. The predicted molar refractivity (Wildman–Crippen MR) is 251 cm³/mol. The maximum atomic E-state index is 15.1. The number of cyclic esters (lactones) is 1. The van der Waals surface area contributed by atoms with Gasteiger partial charge in [0.15, 0.2) is 0 Å². The highest BCUT2D eigenvalue weighted by Crippen LogP contribution is 2.65. The number of rotatable bonds is 15. The Morgan fingerprint density at radius 3 is 2.17 bits per heavy atom. The van der Waals surface area contributed by atoms with Crippen LogP contribution in [0, 0.1) is 11.8 Å². The quantitative estimate of drug-likeness (QED) is 0.0545. The fourth-order valence-corrected chi connectivity index (χ4v) is 11.3. The van der Waals surface area contributed by atoms with Gasteiger partial charge in [-0.25, -0.2) is 0 Å². The fraction of sp³-hybridized carbons (Fsp3) is 0.296. The molecule has 70 heavy (non-hydrogen) atoms. The van der Waals surface area contributed by atoms with Gasteiger partial charge < -0.3 is 44.3 Å². The predicted octanol–water partition coefficient (Wildman–Crippen LogP) is 5.07. The largest absolute Gasteiger partial charge is 0.491 e. The molecule has 3 amide bonds. The minimum absolute atomic E-state index is 0.0512. The summed E-state index contributed by atoms with van der Waals surface area (Å²) in [6, 6.07) is 35.4. The van der Waals surface area contributed by atoms with Gasteiger partial charge in [0, 0.05) is 5.69 Å². The molecule has 16 nitrogen and oxygen atoms in total. The maximum Gasteiger partial charge on any atom is 0.325 e. The number of piperazine rings is 1. The number of amides is 3. The molecule has 0 aliphatic carbocycles. The summed E-state index contributed by atoms with van der Waals surface area (Å²) in [6.45, 7) is 3.01. The Bertz CT molecular complexity index is 2830. The highest BCUT2D eigenvalue weighted by Gasteiger charge is 2.74. The number of carbonyl (C=O) groups excluding carboxylic acids is 6. The Balaban J connectivity index is 0.958. The molecule has 4 fully saturated rings. The Morgan fingerprint density at radius 2 is 1.43 bits per heavy atom. The van der Waals surface area contributed by atoms with E-state index in [1.54, 1.807) is 72.8 Å². The highest BCUT2D eigenvalue weighted by molar-refractivity contribution is 6.11. The highest BCUT2D eigenvalue weighted by atomic mass is 16.6. The molecule has 5 aromatic rings. The van der Waals surface area contributed by atoms with Gasteiger partial charge >= 0.3 is 17.9 Å². The van der Waals surface area contributed by atoms with E-state index in [0.29, 0.717) is 33.9 Å². The van der Waals surface area contributed by atoms with Crippen LogP contribution in [-0.4, -0.2) is 102 Å². The lowest BCUT2D eigenvalue weighted by molar-refractivity contribution is -0.180. The van der Waals surface area contributed by atoms with Gasteiger partial charge in [-0.1, -0.05) is 116 Å². The van der Waals surface area contributed by atoms with Crippen molar-refractivity contribution in [1.82, 2.24) is 15.1 Å². The lowest BCUT2D eigenvalue weighted by Crippen LogP contribution is -2.56. The van der Waals surface area contributed by atoms with Crippen LogP contribution in [-0.2, 0) is 48.4 Å². The molecule has 4 saturated heterocycles. The average molecular weight is 947 g/mol. The van der Waals surface area contributed by atoms with E-state index in [0.717, 1.165) is 11.1 Å². The van der Waals surface area contributed by atoms with E-state index >= 15 is 4.79 Å². The van der Waals surface area contributed by atoms with Crippen molar-refractivity contribution in [3.8, 4) is 11.5 Å². The Morgan fingerprint density at radius 1 is 0.729 bits per heavy atom. The number of fused-ring (bicyclic) bond motifs is 4. The first-order chi connectivity index (χ1) is 34.1. The van der Waals surface area contributed by atoms with Gasteiger partial charge in [0.1, 0.15) is 67.4 Å². The van der Waals surface area contributed by atoms with E-state index in [2.05, 4.69) is 17.2 Å². The number of hydrogen-bond donors (Lipinski definition) is 3. The molecule has 5 aliphatic rings. The zero-order valence-corrected chi connectivity index (χ0v) is 37.9. The first-order valence-electron chi connectivity index (χ1n) is 23.2. The molecule has 5 aliphatic heterocycles. The minimum Gasteiger partial charge on any atom is -0.491 e. The second-order valence-corrected chi connectivity index (χ2v) is 17.7. The summed E-state index contributed by atoms with van der Waals surface area (Å²) in [5, 5.41) is 14.9. The molecule has 0 aromatic heterocycles. The topological polar surface area (TPSA) is 199 Å². The Kier molecular flexibility index (Phi) is 12.7. The molecular formula is C54H50N4O12. The third kappa shape index (κ3) is 7.92. The van der Waals surface area contributed by atoms with Gasteiger partial charge in [-0.3, -0.25) is 33.7 Å². The lowest BCUT2D eigenvalue weighted by atomic mass is 9.65. The van der Waals surface area contributed by atoms with Crippen molar-refractivity contribution in [1.29, 1.82) is 0 Å². The molecule has 5 aromatic carbocycles. The third-order valence-corrected chi connectivity index (χ3v) is 14.0. The summed E-state index contributed by atoms with van der Waals surface area (Å²) in [5.74, 6) is -4.60. The second kappa shape index (κ2) is 19.3. The van der Waals surface area contributed by atoms with Crippen molar-refractivity contribution in [2.45, 2.75) is 48.1 Å². The molecule has 0 bridgehead atoms. The number of carbonyl (C=O) groups is 6. The average Bonchev–Trinajstić information content (AvgIpc) is 4.05.